The van der Waals surface area contributed by atoms with E-state index in [4.69, 9.17) is 0 Å². The zero-order chi connectivity index (χ0) is 15.0. The lowest BCUT2D eigenvalue weighted by atomic mass is 9.91. The molecule has 0 unspecified atom stereocenters. The highest BCUT2D eigenvalue weighted by Gasteiger charge is 2.35. The molecule has 0 aliphatic carbocycles. The van der Waals surface area contributed by atoms with Crippen molar-refractivity contribution in [2.75, 3.05) is 6.54 Å². The van der Waals surface area contributed by atoms with Gasteiger partial charge in [-0.3, -0.25) is 9.59 Å². The van der Waals surface area contributed by atoms with E-state index in [1.165, 1.54) is 0 Å². The summed E-state index contributed by atoms with van der Waals surface area (Å²) in [6, 6.07) is 9.65. The molecular formula is C16H24N2O2. The number of unbranched alkanes of at least 4 members (excludes halogenated alkanes) is 1. The van der Waals surface area contributed by atoms with Gasteiger partial charge in [-0.25, -0.2) is 0 Å². The monoisotopic (exact) mass is 276 g/mol. The van der Waals surface area contributed by atoms with Crippen LogP contribution < -0.4 is 10.6 Å². The van der Waals surface area contributed by atoms with Crippen molar-refractivity contribution >= 4 is 11.8 Å². The highest BCUT2D eigenvalue weighted by Crippen LogP contribution is 2.15. The molecule has 4 nitrogen and oxygen atoms in total. The first kappa shape index (κ1) is 16.2. The van der Waals surface area contributed by atoms with Gasteiger partial charge in [0, 0.05) is 13.1 Å². The summed E-state index contributed by atoms with van der Waals surface area (Å²) in [7, 11) is 0. The molecule has 0 saturated heterocycles. The zero-order valence-electron chi connectivity index (χ0n) is 12.5. The summed E-state index contributed by atoms with van der Waals surface area (Å²) in [6.07, 6.45) is 1.94. The number of amides is 2. The van der Waals surface area contributed by atoms with Crippen molar-refractivity contribution in [2.24, 2.45) is 5.41 Å². The molecule has 1 aromatic carbocycles. The fourth-order valence-corrected chi connectivity index (χ4v) is 1.70. The van der Waals surface area contributed by atoms with Crippen LogP contribution in [0.2, 0.25) is 0 Å². The molecule has 2 N–H and O–H groups in total. The molecule has 110 valence electrons. The summed E-state index contributed by atoms with van der Waals surface area (Å²) in [4.78, 5) is 24.2. The van der Waals surface area contributed by atoms with Gasteiger partial charge in [0.1, 0.15) is 5.41 Å². The molecule has 0 aliphatic rings. The Hall–Kier alpha value is -1.84. The van der Waals surface area contributed by atoms with E-state index in [0.29, 0.717) is 13.1 Å². The molecule has 0 atom stereocenters. The molecule has 0 saturated carbocycles. The van der Waals surface area contributed by atoms with Gasteiger partial charge in [-0.15, -0.1) is 0 Å². The third-order valence-corrected chi connectivity index (χ3v) is 3.25. The summed E-state index contributed by atoms with van der Waals surface area (Å²) in [5.41, 5.74) is -0.0363. The van der Waals surface area contributed by atoms with Crippen molar-refractivity contribution in [3.63, 3.8) is 0 Å². The maximum absolute atomic E-state index is 12.1. The van der Waals surface area contributed by atoms with Crippen molar-refractivity contribution in [3.8, 4) is 0 Å². The first-order valence-corrected chi connectivity index (χ1v) is 7.09. The average molecular weight is 276 g/mol. The van der Waals surface area contributed by atoms with Crippen molar-refractivity contribution in [2.45, 2.75) is 40.2 Å². The first-order valence-electron chi connectivity index (χ1n) is 7.09. The zero-order valence-corrected chi connectivity index (χ0v) is 12.5. The molecule has 4 heteroatoms. The first-order chi connectivity index (χ1) is 9.48. The molecule has 20 heavy (non-hydrogen) atoms. The van der Waals surface area contributed by atoms with E-state index in [1.807, 2.05) is 30.3 Å². The van der Waals surface area contributed by atoms with Crippen LogP contribution in [0.5, 0.6) is 0 Å². The van der Waals surface area contributed by atoms with Crippen LogP contribution in [0.25, 0.3) is 0 Å². The molecule has 0 bridgehead atoms. The number of hydrogen-bond donors (Lipinski definition) is 2. The van der Waals surface area contributed by atoms with Gasteiger partial charge in [-0.2, -0.15) is 0 Å². The summed E-state index contributed by atoms with van der Waals surface area (Å²) in [5, 5.41) is 5.61. The van der Waals surface area contributed by atoms with Gasteiger partial charge in [0.05, 0.1) is 0 Å². The Bertz CT molecular complexity index is 441. The summed E-state index contributed by atoms with van der Waals surface area (Å²) < 4.78 is 0. The lowest BCUT2D eigenvalue weighted by molar-refractivity contribution is -0.141. The minimum atomic E-state index is -1.05. The third kappa shape index (κ3) is 4.68. The standard InChI is InChI=1S/C16H24N2O2/c1-4-5-11-17-14(19)16(2,3)15(20)18-12-13-9-7-6-8-10-13/h6-10H,4-5,11-12H2,1-3H3,(H,17,19)(H,18,20). The molecular weight excluding hydrogens is 252 g/mol. The van der Waals surface area contributed by atoms with E-state index in [1.54, 1.807) is 13.8 Å². The van der Waals surface area contributed by atoms with Crippen LogP contribution in [0.1, 0.15) is 39.2 Å². The second kappa shape index (κ2) is 7.68. The topological polar surface area (TPSA) is 58.2 Å². The molecule has 1 rings (SSSR count). The molecule has 0 aliphatic heterocycles. The van der Waals surface area contributed by atoms with Gasteiger partial charge in [0.2, 0.25) is 11.8 Å². The normalized spacial score (nSPS) is 10.9. The number of hydrogen-bond acceptors (Lipinski definition) is 2. The van der Waals surface area contributed by atoms with Crippen molar-refractivity contribution < 1.29 is 9.59 Å². The largest absolute Gasteiger partial charge is 0.355 e. The maximum Gasteiger partial charge on any atom is 0.235 e. The molecule has 1 aromatic rings. The summed E-state index contributed by atoms with van der Waals surface area (Å²) in [5.74, 6) is -0.480. The van der Waals surface area contributed by atoms with Gasteiger partial charge in [0.15, 0.2) is 0 Å². The van der Waals surface area contributed by atoms with E-state index in [2.05, 4.69) is 17.6 Å². The number of nitrogens with one attached hydrogen (secondary N) is 2. The van der Waals surface area contributed by atoms with Crippen LogP contribution in [0.3, 0.4) is 0 Å². The van der Waals surface area contributed by atoms with Crippen molar-refractivity contribution in [3.05, 3.63) is 35.9 Å². The second-order valence-electron chi connectivity index (χ2n) is 5.40. The summed E-state index contributed by atoms with van der Waals surface area (Å²) >= 11 is 0. The molecule has 2 amide bonds. The highest BCUT2D eigenvalue weighted by molar-refractivity contribution is 6.04. The van der Waals surface area contributed by atoms with Crippen LogP contribution in [-0.2, 0) is 16.1 Å². The number of benzene rings is 1. The second-order valence-corrected chi connectivity index (χ2v) is 5.40. The average Bonchev–Trinajstić information content (AvgIpc) is 2.45. The van der Waals surface area contributed by atoms with Crippen LogP contribution in [0.15, 0.2) is 30.3 Å². The fourth-order valence-electron chi connectivity index (χ4n) is 1.70. The third-order valence-electron chi connectivity index (χ3n) is 3.25. The van der Waals surface area contributed by atoms with E-state index in [0.717, 1.165) is 18.4 Å². The quantitative estimate of drug-likeness (QED) is 0.593. The minimum absolute atomic E-state index is 0.225. The Morgan fingerprint density at radius 3 is 2.25 bits per heavy atom. The molecule has 0 heterocycles. The lowest BCUT2D eigenvalue weighted by Crippen LogP contribution is -2.47. The van der Waals surface area contributed by atoms with Gasteiger partial charge in [0.25, 0.3) is 0 Å². The number of carbonyl (C=O) groups is 2. The Morgan fingerprint density at radius 1 is 1.05 bits per heavy atom. The fraction of sp³-hybridized carbons (Fsp3) is 0.500. The van der Waals surface area contributed by atoms with Crippen LogP contribution in [0, 0.1) is 5.41 Å². The van der Waals surface area contributed by atoms with Crippen LogP contribution in [0.4, 0.5) is 0 Å². The SMILES string of the molecule is CCCCNC(=O)C(C)(C)C(=O)NCc1ccccc1. The molecule has 0 spiro atoms. The summed E-state index contributed by atoms with van der Waals surface area (Å²) in [6.45, 7) is 6.41. The van der Waals surface area contributed by atoms with Crippen molar-refractivity contribution in [1.29, 1.82) is 0 Å². The molecule has 0 fully saturated rings. The van der Waals surface area contributed by atoms with Gasteiger partial charge in [-0.1, -0.05) is 43.7 Å². The molecule has 0 radical (unpaired) electrons. The van der Waals surface area contributed by atoms with E-state index < -0.39 is 5.41 Å². The Kier molecular flexibility index (Phi) is 6.22. The van der Waals surface area contributed by atoms with Crippen LogP contribution >= 0.6 is 0 Å². The predicted molar refractivity (Wildman–Crippen MR) is 80.0 cm³/mol. The lowest BCUT2D eigenvalue weighted by Gasteiger charge is -2.22. The highest BCUT2D eigenvalue weighted by atomic mass is 16.2. The van der Waals surface area contributed by atoms with E-state index in [9.17, 15) is 9.59 Å². The Morgan fingerprint density at radius 2 is 1.65 bits per heavy atom. The molecule has 0 aromatic heterocycles. The van der Waals surface area contributed by atoms with Crippen LogP contribution in [-0.4, -0.2) is 18.4 Å². The van der Waals surface area contributed by atoms with Gasteiger partial charge >= 0.3 is 0 Å². The predicted octanol–water partition coefficient (Wildman–Crippen LogP) is 2.25. The maximum atomic E-state index is 12.1. The number of carbonyl (C=O) groups excluding carboxylic acids is 2. The van der Waals surface area contributed by atoms with Gasteiger partial charge < -0.3 is 10.6 Å². The van der Waals surface area contributed by atoms with E-state index in [-0.39, 0.29) is 11.8 Å². The van der Waals surface area contributed by atoms with E-state index >= 15 is 0 Å². The Labute approximate surface area is 121 Å². The van der Waals surface area contributed by atoms with Crippen molar-refractivity contribution in [1.82, 2.24) is 10.6 Å². The smallest absolute Gasteiger partial charge is 0.235 e. The minimum Gasteiger partial charge on any atom is -0.355 e. The number of rotatable bonds is 7. The van der Waals surface area contributed by atoms with Gasteiger partial charge in [-0.05, 0) is 25.8 Å². The Balaban J connectivity index is 2.49.